The average Bonchev–Trinajstić information content (AvgIpc) is 2.83. The highest BCUT2D eigenvalue weighted by Crippen LogP contribution is 2.30. The maximum Gasteiger partial charge on any atom is 0.259 e. The normalized spacial score (nSPS) is 14.6. The number of ether oxygens (including phenoxy) is 1. The van der Waals surface area contributed by atoms with Crippen molar-refractivity contribution in [2.75, 3.05) is 6.61 Å². The van der Waals surface area contributed by atoms with Gasteiger partial charge in [-0.25, -0.2) is 4.98 Å². The lowest BCUT2D eigenvalue weighted by molar-refractivity contribution is -0.0252. The minimum atomic E-state index is -0.108. The first kappa shape index (κ1) is 14.2. The van der Waals surface area contributed by atoms with E-state index in [1.165, 1.54) is 17.7 Å². The molecule has 5 nitrogen and oxygen atoms in total. The summed E-state index contributed by atoms with van der Waals surface area (Å²) in [6.45, 7) is 4.61. The van der Waals surface area contributed by atoms with E-state index in [1.54, 1.807) is 8.05 Å². The molecule has 2 aromatic heterocycles. The fourth-order valence-electron chi connectivity index (χ4n) is 1.97. The second kappa shape index (κ2) is 6.32. The Kier molecular flexibility index (Phi) is 4.73. The van der Waals surface area contributed by atoms with Gasteiger partial charge in [0.05, 0.1) is 40.9 Å². The number of thiophene rings is 1. The summed E-state index contributed by atoms with van der Waals surface area (Å²) < 4.78 is 11.1. The molecular weight excluding hydrogens is 263 g/mol. The number of rotatable bonds is 6. The van der Waals surface area contributed by atoms with E-state index in [4.69, 9.17) is 9.39 Å². The third-order valence-electron chi connectivity index (χ3n) is 3.00. The lowest BCUT2D eigenvalue weighted by atomic mass is 10.2. The highest BCUT2D eigenvalue weighted by molar-refractivity contribution is 7.11. The molecule has 0 radical (unpaired) electrons. The Morgan fingerprint density at radius 2 is 2.37 bits per heavy atom. The topological polar surface area (TPSA) is 64.2 Å². The van der Waals surface area contributed by atoms with Gasteiger partial charge in [-0.15, -0.1) is 11.3 Å². The van der Waals surface area contributed by atoms with Crippen molar-refractivity contribution in [1.29, 1.82) is 0 Å². The molecule has 0 aliphatic heterocycles. The molecule has 2 heterocycles. The fourth-order valence-corrected chi connectivity index (χ4v) is 2.96. The van der Waals surface area contributed by atoms with Crippen molar-refractivity contribution in [3.8, 4) is 0 Å². The molecule has 0 saturated carbocycles. The Hall–Kier alpha value is -1.18. The summed E-state index contributed by atoms with van der Waals surface area (Å²) in [6, 6.07) is 0. The van der Waals surface area contributed by atoms with Crippen LogP contribution in [0.3, 0.4) is 0 Å². The maximum atomic E-state index is 11.6. The van der Waals surface area contributed by atoms with E-state index in [1.807, 2.05) is 12.3 Å². The fraction of sp³-hybridized carbons (Fsp3) is 0.500. The van der Waals surface area contributed by atoms with Gasteiger partial charge in [-0.05, 0) is 13.3 Å². The first-order chi connectivity index (χ1) is 9.17. The number of aromatic nitrogens is 2. The van der Waals surface area contributed by atoms with Crippen LogP contribution in [0.1, 0.15) is 31.2 Å². The first-order valence-corrected chi connectivity index (χ1v) is 7.14. The van der Waals surface area contributed by atoms with E-state index >= 15 is 0 Å². The van der Waals surface area contributed by atoms with Gasteiger partial charge in [0.1, 0.15) is 0 Å². The van der Waals surface area contributed by atoms with Crippen LogP contribution < -0.4 is 5.56 Å². The molecule has 7 heteroatoms. The molecule has 1 N–H and O–H groups in total. The average molecular weight is 280 g/mol. The van der Waals surface area contributed by atoms with E-state index in [0.29, 0.717) is 12.0 Å². The molecular formula is C12H17BN2O3S. The van der Waals surface area contributed by atoms with Crippen molar-refractivity contribution in [3.63, 3.8) is 0 Å². The molecule has 0 amide bonds. The van der Waals surface area contributed by atoms with Gasteiger partial charge in [-0.2, -0.15) is 0 Å². The van der Waals surface area contributed by atoms with E-state index in [9.17, 15) is 4.79 Å². The summed E-state index contributed by atoms with van der Waals surface area (Å²) in [6.07, 6.45) is 2.27. The SMILES string of the molecule is BOCC(CC)OC(C)c1scc2c(=O)[nH]cnc12. The Labute approximate surface area is 116 Å². The molecule has 102 valence electrons. The highest BCUT2D eigenvalue weighted by atomic mass is 32.1. The van der Waals surface area contributed by atoms with Crippen molar-refractivity contribution < 1.29 is 9.39 Å². The van der Waals surface area contributed by atoms with Gasteiger partial charge in [0, 0.05) is 5.38 Å². The van der Waals surface area contributed by atoms with Crippen molar-refractivity contribution in [2.24, 2.45) is 0 Å². The van der Waals surface area contributed by atoms with Crippen molar-refractivity contribution in [3.05, 3.63) is 26.9 Å². The van der Waals surface area contributed by atoms with E-state index in [-0.39, 0.29) is 17.8 Å². The molecule has 0 aliphatic rings. The van der Waals surface area contributed by atoms with Crippen LogP contribution >= 0.6 is 11.3 Å². The highest BCUT2D eigenvalue weighted by Gasteiger charge is 2.18. The predicted molar refractivity (Wildman–Crippen MR) is 78.3 cm³/mol. The van der Waals surface area contributed by atoms with Crippen LogP contribution in [0.25, 0.3) is 10.9 Å². The van der Waals surface area contributed by atoms with Gasteiger partial charge in [-0.3, -0.25) is 4.79 Å². The second-order valence-electron chi connectivity index (χ2n) is 4.36. The zero-order valence-corrected chi connectivity index (χ0v) is 12.1. The molecule has 2 unspecified atom stereocenters. The Morgan fingerprint density at radius 1 is 1.58 bits per heavy atom. The number of fused-ring (bicyclic) bond motifs is 1. The Morgan fingerprint density at radius 3 is 3.05 bits per heavy atom. The predicted octanol–water partition coefficient (Wildman–Crippen LogP) is 1.41. The van der Waals surface area contributed by atoms with Crippen molar-refractivity contribution in [2.45, 2.75) is 32.5 Å². The summed E-state index contributed by atoms with van der Waals surface area (Å²) in [5.74, 6) is 0. The van der Waals surface area contributed by atoms with E-state index in [0.717, 1.165) is 16.8 Å². The van der Waals surface area contributed by atoms with Crippen LogP contribution in [0, 0.1) is 0 Å². The minimum absolute atomic E-state index is 0.0548. The number of hydrogen-bond donors (Lipinski definition) is 1. The van der Waals surface area contributed by atoms with Crippen molar-refractivity contribution >= 4 is 30.3 Å². The summed E-state index contributed by atoms with van der Waals surface area (Å²) in [5, 5.41) is 2.45. The van der Waals surface area contributed by atoms with E-state index < -0.39 is 0 Å². The number of aromatic amines is 1. The quantitative estimate of drug-likeness (QED) is 0.812. The van der Waals surface area contributed by atoms with Crippen LogP contribution in [-0.2, 0) is 9.39 Å². The molecule has 2 atom stereocenters. The first-order valence-electron chi connectivity index (χ1n) is 6.26. The summed E-state index contributed by atoms with van der Waals surface area (Å²) >= 11 is 1.51. The molecule has 19 heavy (non-hydrogen) atoms. The largest absolute Gasteiger partial charge is 0.441 e. The Balaban J connectivity index is 2.24. The Bertz CT molecular complexity index is 598. The molecule has 2 aromatic rings. The van der Waals surface area contributed by atoms with Crippen LogP contribution in [0.5, 0.6) is 0 Å². The molecule has 0 aromatic carbocycles. The number of hydrogen-bond acceptors (Lipinski definition) is 5. The number of nitrogens with zero attached hydrogens (tertiary/aromatic N) is 1. The number of nitrogens with one attached hydrogen (secondary N) is 1. The molecule has 0 saturated heterocycles. The van der Waals surface area contributed by atoms with Crippen molar-refractivity contribution in [1.82, 2.24) is 9.97 Å². The zero-order valence-electron chi connectivity index (χ0n) is 11.3. The van der Waals surface area contributed by atoms with E-state index in [2.05, 4.69) is 16.9 Å². The third kappa shape index (κ3) is 3.05. The van der Waals surface area contributed by atoms with Crippen LogP contribution in [0.15, 0.2) is 16.5 Å². The molecule has 0 spiro atoms. The summed E-state index contributed by atoms with van der Waals surface area (Å²) in [5.41, 5.74) is 0.622. The summed E-state index contributed by atoms with van der Waals surface area (Å²) in [7, 11) is 1.67. The van der Waals surface area contributed by atoms with Gasteiger partial charge in [-0.1, -0.05) is 6.92 Å². The summed E-state index contributed by atoms with van der Waals surface area (Å²) in [4.78, 5) is 19.5. The molecule has 0 aliphatic carbocycles. The lowest BCUT2D eigenvalue weighted by Crippen LogP contribution is -2.20. The molecule has 0 fully saturated rings. The minimum Gasteiger partial charge on any atom is -0.441 e. The smallest absolute Gasteiger partial charge is 0.259 e. The van der Waals surface area contributed by atoms with Gasteiger partial charge in [0.25, 0.3) is 13.6 Å². The van der Waals surface area contributed by atoms with Gasteiger partial charge in [0.15, 0.2) is 0 Å². The number of H-pyrrole nitrogens is 1. The standard InChI is InChI=1S/C12H17BN2O3S/c1-3-8(4-17-13)18-7(2)11-10-9(5-19-11)12(16)15-6-14-10/h5-8H,3-4,13H2,1-2H3,(H,14,15,16). The van der Waals surface area contributed by atoms with Gasteiger partial charge in [0.2, 0.25) is 0 Å². The van der Waals surface area contributed by atoms with Crippen LogP contribution in [0.4, 0.5) is 0 Å². The third-order valence-corrected chi connectivity index (χ3v) is 4.13. The van der Waals surface area contributed by atoms with Crippen LogP contribution in [-0.4, -0.2) is 30.7 Å². The lowest BCUT2D eigenvalue weighted by Gasteiger charge is -2.20. The van der Waals surface area contributed by atoms with Gasteiger partial charge >= 0.3 is 0 Å². The van der Waals surface area contributed by atoms with Crippen LogP contribution in [0.2, 0.25) is 0 Å². The zero-order chi connectivity index (χ0) is 13.8. The molecule has 0 bridgehead atoms. The maximum absolute atomic E-state index is 11.6. The monoisotopic (exact) mass is 280 g/mol. The molecule has 2 rings (SSSR count). The second-order valence-corrected chi connectivity index (χ2v) is 5.27. The van der Waals surface area contributed by atoms with Gasteiger partial charge < -0.3 is 14.4 Å².